The van der Waals surface area contributed by atoms with E-state index in [1.165, 1.54) is 52.3 Å². The third-order valence-electron chi connectivity index (χ3n) is 2.81. The van der Waals surface area contributed by atoms with E-state index in [0.717, 1.165) is 0 Å². The first kappa shape index (κ1) is 19.3. The number of thioether (sulfide) groups is 1. The van der Waals surface area contributed by atoms with Crippen molar-refractivity contribution in [3.05, 3.63) is 24.3 Å². The van der Waals surface area contributed by atoms with E-state index < -0.39 is 6.36 Å². The Hall–Kier alpha value is -2.01. The average molecular weight is 392 g/mol. The van der Waals surface area contributed by atoms with Crippen LogP contribution in [0.1, 0.15) is 6.92 Å². The lowest BCUT2D eigenvalue weighted by atomic mass is 10.3. The van der Waals surface area contributed by atoms with Crippen LogP contribution in [0, 0.1) is 0 Å². The standard InChI is InChI=1S/C14H15F3N4O2S2/c1-8(11(22)21(2)3)24-13-20-19-12(25-13)18-9-4-6-10(7-5-9)23-14(15,16)17/h4-8H,1-3H3,(H,18,19)/t8-/m0/s1. The Kier molecular flexibility index (Phi) is 6.11. The van der Waals surface area contributed by atoms with Gasteiger partial charge in [-0.3, -0.25) is 4.79 Å². The van der Waals surface area contributed by atoms with Gasteiger partial charge in [-0.2, -0.15) is 0 Å². The molecule has 1 heterocycles. The summed E-state index contributed by atoms with van der Waals surface area (Å²) in [6, 6.07) is 5.27. The number of halogens is 3. The van der Waals surface area contributed by atoms with E-state index in [9.17, 15) is 18.0 Å². The van der Waals surface area contributed by atoms with Crippen molar-refractivity contribution in [1.82, 2.24) is 15.1 Å². The minimum Gasteiger partial charge on any atom is -0.406 e. The second-order valence-electron chi connectivity index (χ2n) is 5.06. The Morgan fingerprint density at radius 1 is 1.28 bits per heavy atom. The maximum atomic E-state index is 12.1. The first-order valence-electron chi connectivity index (χ1n) is 6.98. The van der Waals surface area contributed by atoms with Gasteiger partial charge in [0.25, 0.3) is 0 Å². The van der Waals surface area contributed by atoms with Crippen LogP contribution in [0.15, 0.2) is 28.6 Å². The topological polar surface area (TPSA) is 67.4 Å². The molecular weight excluding hydrogens is 377 g/mol. The third-order valence-corrected chi connectivity index (χ3v) is 4.82. The van der Waals surface area contributed by atoms with E-state index >= 15 is 0 Å². The van der Waals surface area contributed by atoms with Gasteiger partial charge >= 0.3 is 6.36 Å². The molecule has 0 radical (unpaired) electrons. The Morgan fingerprint density at radius 2 is 1.92 bits per heavy atom. The van der Waals surface area contributed by atoms with Crippen LogP contribution >= 0.6 is 23.1 Å². The van der Waals surface area contributed by atoms with E-state index in [2.05, 4.69) is 20.3 Å². The summed E-state index contributed by atoms with van der Waals surface area (Å²) in [7, 11) is 3.36. The van der Waals surface area contributed by atoms with Gasteiger partial charge in [0.05, 0.1) is 5.25 Å². The number of hydrogen-bond acceptors (Lipinski definition) is 7. The number of ether oxygens (including phenoxy) is 1. The normalized spacial score (nSPS) is 12.6. The molecule has 0 unspecified atom stereocenters. The number of carbonyl (C=O) groups is 1. The van der Waals surface area contributed by atoms with Crippen LogP contribution < -0.4 is 10.1 Å². The van der Waals surface area contributed by atoms with Crippen molar-refractivity contribution in [1.29, 1.82) is 0 Å². The lowest BCUT2D eigenvalue weighted by Gasteiger charge is -2.14. The largest absolute Gasteiger partial charge is 0.573 e. The molecule has 0 fully saturated rings. The summed E-state index contributed by atoms with van der Waals surface area (Å²) < 4.78 is 40.8. The number of nitrogens with one attached hydrogen (secondary N) is 1. The molecule has 2 rings (SSSR count). The first-order chi connectivity index (χ1) is 11.6. The van der Waals surface area contributed by atoms with E-state index in [1.54, 1.807) is 21.0 Å². The van der Waals surface area contributed by atoms with Crippen LogP contribution in [0.3, 0.4) is 0 Å². The second kappa shape index (κ2) is 7.91. The summed E-state index contributed by atoms with van der Waals surface area (Å²) in [4.78, 5) is 13.3. The van der Waals surface area contributed by atoms with Gasteiger partial charge in [0.1, 0.15) is 5.75 Å². The number of aromatic nitrogens is 2. The van der Waals surface area contributed by atoms with E-state index in [4.69, 9.17) is 0 Å². The molecule has 11 heteroatoms. The van der Waals surface area contributed by atoms with E-state index in [-0.39, 0.29) is 16.9 Å². The number of anilines is 2. The van der Waals surface area contributed by atoms with Gasteiger partial charge < -0.3 is 15.0 Å². The number of hydrogen-bond donors (Lipinski definition) is 1. The minimum absolute atomic E-state index is 0.0324. The fourth-order valence-corrected chi connectivity index (χ4v) is 3.80. The predicted octanol–water partition coefficient (Wildman–Crippen LogP) is 3.75. The SMILES string of the molecule is C[C@H](Sc1nnc(Nc2ccc(OC(F)(F)F)cc2)s1)C(=O)N(C)C. The molecule has 1 N–H and O–H groups in total. The van der Waals surface area contributed by atoms with Crippen molar-refractivity contribution < 1.29 is 22.7 Å². The molecule has 2 aromatic rings. The van der Waals surface area contributed by atoms with Crippen molar-refractivity contribution in [2.45, 2.75) is 22.9 Å². The minimum atomic E-state index is -4.72. The maximum Gasteiger partial charge on any atom is 0.573 e. The van der Waals surface area contributed by atoms with Gasteiger partial charge in [-0.15, -0.1) is 23.4 Å². The molecular formula is C14H15F3N4O2S2. The predicted molar refractivity (Wildman–Crippen MR) is 90.3 cm³/mol. The molecule has 0 saturated carbocycles. The van der Waals surface area contributed by atoms with Crippen LogP contribution in [0.25, 0.3) is 0 Å². The number of benzene rings is 1. The summed E-state index contributed by atoms with van der Waals surface area (Å²) in [6.07, 6.45) is -4.72. The van der Waals surface area contributed by atoms with Crippen molar-refractivity contribution in [3.8, 4) is 5.75 Å². The quantitative estimate of drug-likeness (QED) is 0.756. The van der Waals surface area contributed by atoms with E-state index in [1.807, 2.05) is 0 Å². The van der Waals surface area contributed by atoms with Gasteiger partial charge in [0, 0.05) is 19.8 Å². The highest BCUT2D eigenvalue weighted by atomic mass is 32.2. The monoisotopic (exact) mass is 392 g/mol. The van der Waals surface area contributed by atoms with Gasteiger partial charge in [0.2, 0.25) is 11.0 Å². The van der Waals surface area contributed by atoms with Crippen molar-refractivity contribution in [3.63, 3.8) is 0 Å². The number of rotatable bonds is 6. The lowest BCUT2D eigenvalue weighted by molar-refractivity contribution is -0.274. The van der Waals surface area contributed by atoms with Crippen molar-refractivity contribution >= 4 is 39.8 Å². The number of alkyl halides is 3. The summed E-state index contributed by atoms with van der Waals surface area (Å²) in [5.74, 6) is -0.336. The Morgan fingerprint density at radius 3 is 2.48 bits per heavy atom. The summed E-state index contributed by atoms with van der Waals surface area (Å²) in [5, 5.41) is 11.0. The molecule has 0 aliphatic rings. The fraction of sp³-hybridized carbons (Fsp3) is 0.357. The summed E-state index contributed by atoms with van der Waals surface area (Å²) >= 11 is 2.54. The average Bonchev–Trinajstić information content (AvgIpc) is 2.94. The highest BCUT2D eigenvalue weighted by Gasteiger charge is 2.30. The zero-order valence-electron chi connectivity index (χ0n) is 13.5. The fourth-order valence-electron chi connectivity index (χ4n) is 1.74. The molecule has 0 aliphatic heterocycles. The molecule has 0 aliphatic carbocycles. The zero-order chi connectivity index (χ0) is 18.6. The molecule has 0 bridgehead atoms. The van der Waals surface area contributed by atoms with Gasteiger partial charge in [-0.25, -0.2) is 0 Å². The highest BCUT2D eigenvalue weighted by Crippen LogP contribution is 2.31. The van der Waals surface area contributed by atoms with Crippen LogP contribution in [0.2, 0.25) is 0 Å². The molecule has 0 spiro atoms. The highest BCUT2D eigenvalue weighted by molar-refractivity contribution is 8.02. The zero-order valence-corrected chi connectivity index (χ0v) is 15.1. The molecule has 1 aromatic heterocycles. The lowest BCUT2D eigenvalue weighted by Crippen LogP contribution is -2.29. The number of amides is 1. The molecule has 136 valence electrons. The smallest absolute Gasteiger partial charge is 0.406 e. The second-order valence-corrected chi connectivity index (χ2v) is 7.63. The van der Waals surface area contributed by atoms with Crippen LogP contribution in [-0.2, 0) is 4.79 Å². The molecule has 1 amide bonds. The Labute approximate surface area is 150 Å². The van der Waals surface area contributed by atoms with Gasteiger partial charge in [-0.1, -0.05) is 23.1 Å². The molecule has 6 nitrogen and oxygen atoms in total. The van der Waals surface area contributed by atoms with E-state index in [0.29, 0.717) is 15.2 Å². The number of carbonyl (C=O) groups excluding carboxylic acids is 1. The number of nitrogens with zero attached hydrogens (tertiary/aromatic N) is 3. The summed E-state index contributed by atoms with van der Waals surface area (Å²) in [6.45, 7) is 1.78. The van der Waals surface area contributed by atoms with Crippen LogP contribution in [0.5, 0.6) is 5.75 Å². The van der Waals surface area contributed by atoms with Gasteiger partial charge in [0.15, 0.2) is 4.34 Å². The third kappa shape index (κ3) is 6.09. The molecule has 1 atom stereocenters. The van der Waals surface area contributed by atoms with Crippen LogP contribution in [0.4, 0.5) is 24.0 Å². The first-order valence-corrected chi connectivity index (χ1v) is 8.68. The Balaban J connectivity index is 1.96. The maximum absolute atomic E-state index is 12.1. The molecule has 25 heavy (non-hydrogen) atoms. The molecule has 1 aromatic carbocycles. The summed E-state index contributed by atoms with van der Waals surface area (Å²) in [5.41, 5.74) is 0.541. The Bertz CT molecular complexity index is 720. The van der Waals surface area contributed by atoms with Gasteiger partial charge in [-0.05, 0) is 31.2 Å². The van der Waals surface area contributed by atoms with Crippen LogP contribution in [-0.4, -0.2) is 46.7 Å². The van der Waals surface area contributed by atoms with Crippen molar-refractivity contribution in [2.75, 3.05) is 19.4 Å². The molecule has 0 saturated heterocycles. The van der Waals surface area contributed by atoms with Crippen molar-refractivity contribution in [2.24, 2.45) is 0 Å².